The highest BCUT2D eigenvalue weighted by Gasteiger charge is 2.30. The van der Waals surface area contributed by atoms with Crippen LogP contribution in [0.4, 0.5) is 0 Å². The van der Waals surface area contributed by atoms with Crippen molar-refractivity contribution in [2.24, 2.45) is 0 Å². The minimum atomic E-state index is 0.119. The van der Waals surface area contributed by atoms with Crippen molar-refractivity contribution in [3.05, 3.63) is 58.9 Å². The molecular formula is C25H31N5O. The molecule has 1 amide bonds. The average Bonchev–Trinajstić information content (AvgIpc) is 3.53. The summed E-state index contributed by atoms with van der Waals surface area (Å²) in [4.78, 5) is 22.9. The maximum Gasteiger partial charge on any atom is 0.254 e. The highest BCUT2D eigenvalue weighted by Crippen LogP contribution is 2.40. The highest BCUT2D eigenvalue weighted by molar-refractivity contribution is 6.05. The van der Waals surface area contributed by atoms with Crippen LogP contribution in [0.2, 0.25) is 0 Å². The van der Waals surface area contributed by atoms with Gasteiger partial charge in [-0.3, -0.25) is 9.69 Å². The van der Waals surface area contributed by atoms with Crippen LogP contribution < -0.4 is 0 Å². The van der Waals surface area contributed by atoms with E-state index in [2.05, 4.69) is 55.0 Å². The Morgan fingerprint density at radius 2 is 1.87 bits per heavy atom. The van der Waals surface area contributed by atoms with Crippen LogP contribution in [0.15, 0.2) is 36.5 Å². The molecular weight excluding hydrogens is 386 g/mol. The molecule has 2 aromatic heterocycles. The van der Waals surface area contributed by atoms with E-state index in [1.54, 1.807) is 0 Å². The number of rotatable bonds is 5. The minimum Gasteiger partial charge on any atom is -0.336 e. The van der Waals surface area contributed by atoms with Crippen LogP contribution in [0.25, 0.3) is 11.0 Å². The third kappa shape index (κ3) is 3.97. The van der Waals surface area contributed by atoms with Gasteiger partial charge in [-0.05, 0) is 50.8 Å². The van der Waals surface area contributed by atoms with Crippen molar-refractivity contribution in [3.63, 3.8) is 0 Å². The van der Waals surface area contributed by atoms with E-state index in [0.717, 1.165) is 55.0 Å². The Balaban J connectivity index is 1.35. The van der Waals surface area contributed by atoms with E-state index >= 15 is 0 Å². The van der Waals surface area contributed by atoms with E-state index in [9.17, 15) is 4.79 Å². The van der Waals surface area contributed by atoms with E-state index in [1.165, 1.54) is 24.0 Å². The van der Waals surface area contributed by atoms with Crippen molar-refractivity contribution in [2.75, 3.05) is 26.2 Å². The number of carbonyl (C=O) groups is 1. The Kier molecular flexibility index (Phi) is 5.26. The van der Waals surface area contributed by atoms with Gasteiger partial charge in [-0.1, -0.05) is 24.3 Å². The number of nitrogens with zero attached hydrogens (tertiary/aromatic N) is 5. The molecule has 0 N–H and O–H groups in total. The summed E-state index contributed by atoms with van der Waals surface area (Å²) in [6.07, 6.45) is 4.15. The zero-order valence-electron chi connectivity index (χ0n) is 18.7. The van der Waals surface area contributed by atoms with Crippen molar-refractivity contribution < 1.29 is 4.79 Å². The van der Waals surface area contributed by atoms with Crippen molar-refractivity contribution >= 4 is 16.9 Å². The van der Waals surface area contributed by atoms with Gasteiger partial charge >= 0.3 is 0 Å². The second-order valence-corrected chi connectivity index (χ2v) is 9.28. The number of carbonyl (C=O) groups excluding carboxylic acids is 1. The molecule has 5 rings (SSSR count). The summed E-state index contributed by atoms with van der Waals surface area (Å²) in [5, 5.41) is 5.43. The quantitative estimate of drug-likeness (QED) is 0.626. The van der Waals surface area contributed by atoms with Crippen LogP contribution in [-0.2, 0) is 6.54 Å². The molecule has 1 aromatic carbocycles. The smallest absolute Gasteiger partial charge is 0.254 e. The standard InChI is InChI=1S/C25H31N5O/c1-17(2)30-24-22(15-26-30)21(14-23(27-24)19-8-9-19)25(31)29-12-10-28(11-13-29)16-20-7-5-4-6-18(20)3/h4-7,14-15,17,19H,8-13,16H2,1-3H3. The zero-order chi connectivity index (χ0) is 21.5. The number of hydrogen-bond acceptors (Lipinski definition) is 4. The normalized spacial score (nSPS) is 17.6. The predicted molar refractivity (Wildman–Crippen MR) is 122 cm³/mol. The van der Waals surface area contributed by atoms with Crippen molar-refractivity contribution in [2.45, 2.75) is 52.1 Å². The first-order chi connectivity index (χ1) is 15.0. The maximum absolute atomic E-state index is 13.5. The van der Waals surface area contributed by atoms with Crippen LogP contribution in [0, 0.1) is 6.92 Å². The molecule has 6 heteroatoms. The molecule has 0 unspecified atom stereocenters. The van der Waals surface area contributed by atoms with Crippen molar-refractivity contribution in [1.29, 1.82) is 0 Å². The molecule has 162 valence electrons. The predicted octanol–water partition coefficient (Wildman–Crippen LogP) is 4.16. The Morgan fingerprint density at radius 1 is 1.13 bits per heavy atom. The van der Waals surface area contributed by atoms with E-state index in [-0.39, 0.29) is 11.9 Å². The van der Waals surface area contributed by atoms with E-state index < -0.39 is 0 Å². The number of hydrogen-bond donors (Lipinski definition) is 0. The number of benzene rings is 1. The fourth-order valence-corrected chi connectivity index (χ4v) is 4.49. The summed E-state index contributed by atoms with van der Waals surface area (Å²) in [7, 11) is 0. The van der Waals surface area contributed by atoms with E-state index in [1.807, 2.05) is 21.8 Å². The molecule has 1 aliphatic carbocycles. The van der Waals surface area contributed by atoms with Gasteiger partial charge < -0.3 is 4.90 Å². The molecule has 3 aromatic rings. The lowest BCUT2D eigenvalue weighted by Gasteiger charge is -2.35. The summed E-state index contributed by atoms with van der Waals surface area (Å²) in [6.45, 7) is 10.6. The van der Waals surface area contributed by atoms with Crippen LogP contribution >= 0.6 is 0 Å². The largest absolute Gasteiger partial charge is 0.336 e. The molecule has 6 nitrogen and oxygen atoms in total. The number of pyridine rings is 1. The van der Waals surface area contributed by atoms with Gasteiger partial charge in [0, 0.05) is 50.4 Å². The monoisotopic (exact) mass is 417 g/mol. The van der Waals surface area contributed by atoms with Gasteiger partial charge in [0.15, 0.2) is 5.65 Å². The molecule has 0 radical (unpaired) electrons. The average molecular weight is 418 g/mol. The Labute approximate surface area is 183 Å². The van der Waals surface area contributed by atoms with Crippen LogP contribution in [-0.4, -0.2) is 56.7 Å². The Hall–Kier alpha value is -2.73. The van der Waals surface area contributed by atoms with E-state index in [0.29, 0.717) is 5.92 Å². The number of aryl methyl sites for hydroxylation is 1. The van der Waals surface area contributed by atoms with Gasteiger partial charge in [0.05, 0.1) is 17.1 Å². The summed E-state index contributed by atoms with van der Waals surface area (Å²) in [5.41, 5.74) is 5.37. The van der Waals surface area contributed by atoms with Gasteiger partial charge in [-0.25, -0.2) is 9.67 Å². The molecule has 1 saturated carbocycles. The molecule has 0 bridgehead atoms. The SMILES string of the molecule is Cc1ccccc1CN1CCN(C(=O)c2cc(C3CC3)nc3c2cnn3C(C)C)CC1. The van der Waals surface area contributed by atoms with Gasteiger partial charge in [0.2, 0.25) is 0 Å². The molecule has 1 saturated heterocycles. The molecule has 31 heavy (non-hydrogen) atoms. The Bertz CT molecular complexity index is 1110. The van der Waals surface area contributed by atoms with Crippen LogP contribution in [0.5, 0.6) is 0 Å². The van der Waals surface area contributed by atoms with Crippen LogP contribution in [0.1, 0.15) is 65.8 Å². The van der Waals surface area contributed by atoms with E-state index in [4.69, 9.17) is 4.98 Å². The van der Waals surface area contributed by atoms with Crippen LogP contribution in [0.3, 0.4) is 0 Å². The molecule has 0 atom stereocenters. The fourth-order valence-electron chi connectivity index (χ4n) is 4.49. The topological polar surface area (TPSA) is 54.3 Å². The zero-order valence-corrected chi connectivity index (χ0v) is 18.7. The lowest BCUT2D eigenvalue weighted by atomic mass is 10.1. The second kappa shape index (κ2) is 8.08. The molecule has 2 aliphatic rings. The molecule has 1 aliphatic heterocycles. The van der Waals surface area contributed by atoms with Crippen molar-refractivity contribution in [3.8, 4) is 0 Å². The van der Waals surface area contributed by atoms with Gasteiger partial charge in [-0.2, -0.15) is 5.10 Å². The first-order valence-corrected chi connectivity index (χ1v) is 11.5. The lowest BCUT2D eigenvalue weighted by Crippen LogP contribution is -2.48. The highest BCUT2D eigenvalue weighted by atomic mass is 16.2. The van der Waals surface area contributed by atoms with Gasteiger partial charge in [0.25, 0.3) is 5.91 Å². The first-order valence-electron chi connectivity index (χ1n) is 11.5. The molecule has 3 heterocycles. The summed E-state index contributed by atoms with van der Waals surface area (Å²) < 4.78 is 1.94. The lowest BCUT2D eigenvalue weighted by molar-refractivity contribution is 0.0630. The van der Waals surface area contributed by atoms with Crippen molar-refractivity contribution in [1.82, 2.24) is 24.6 Å². The number of fused-ring (bicyclic) bond motifs is 1. The summed E-state index contributed by atoms with van der Waals surface area (Å²) in [6, 6.07) is 10.8. The summed E-state index contributed by atoms with van der Waals surface area (Å²) in [5.74, 6) is 0.616. The maximum atomic E-state index is 13.5. The first kappa shape index (κ1) is 20.2. The summed E-state index contributed by atoms with van der Waals surface area (Å²) >= 11 is 0. The fraction of sp³-hybridized carbons (Fsp3) is 0.480. The third-order valence-corrected chi connectivity index (χ3v) is 6.62. The molecule has 0 spiro atoms. The van der Waals surface area contributed by atoms with Gasteiger partial charge in [0.1, 0.15) is 0 Å². The molecule has 2 fully saturated rings. The Morgan fingerprint density at radius 3 is 2.55 bits per heavy atom. The minimum absolute atomic E-state index is 0.119. The second-order valence-electron chi connectivity index (χ2n) is 9.28. The number of aromatic nitrogens is 3. The number of amides is 1. The number of piperazine rings is 1. The van der Waals surface area contributed by atoms with Gasteiger partial charge in [-0.15, -0.1) is 0 Å². The third-order valence-electron chi connectivity index (χ3n) is 6.62.